The van der Waals surface area contributed by atoms with E-state index in [1.807, 2.05) is 73.7 Å². The quantitative estimate of drug-likeness (QED) is 0.165. The number of fused-ring (bicyclic) bond motifs is 6. The normalized spacial score (nSPS) is 15.2. The minimum absolute atomic E-state index is 0.236. The molecule has 45 heavy (non-hydrogen) atoms. The number of carboxylic acids is 1. The summed E-state index contributed by atoms with van der Waals surface area (Å²) in [5.74, 6) is -2.65. The summed E-state index contributed by atoms with van der Waals surface area (Å²) >= 11 is 0. The van der Waals surface area contributed by atoms with Crippen LogP contribution in [0.4, 0.5) is 0 Å². The lowest BCUT2D eigenvalue weighted by Crippen LogP contribution is -2.47. The van der Waals surface area contributed by atoms with Crippen molar-refractivity contribution in [3.05, 3.63) is 113 Å². The molecule has 0 spiro atoms. The lowest BCUT2D eigenvalue weighted by Gasteiger charge is -2.25. The van der Waals surface area contributed by atoms with Crippen LogP contribution in [0.25, 0.3) is 32.7 Å². The molecule has 2 heterocycles. The van der Waals surface area contributed by atoms with E-state index in [1.165, 1.54) is 0 Å². The molecule has 0 saturated carbocycles. The molecule has 9 heteroatoms. The van der Waals surface area contributed by atoms with Gasteiger partial charge in [0.15, 0.2) is 0 Å². The third-order valence-electron chi connectivity index (χ3n) is 8.70. The van der Waals surface area contributed by atoms with Gasteiger partial charge < -0.3 is 30.4 Å². The van der Waals surface area contributed by atoms with Gasteiger partial charge in [0.2, 0.25) is 11.8 Å². The summed E-state index contributed by atoms with van der Waals surface area (Å²) in [6.45, 7) is 2.39. The van der Waals surface area contributed by atoms with Crippen molar-refractivity contribution in [2.45, 2.75) is 44.9 Å². The van der Waals surface area contributed by atoms with Gasteiger partial charge >= 0.3 is 5.97 Å². The van der Waals surface area contributed by atoms with Crippen LogP contribution in [0.2, 0.25) is 0 Å². The van der Waals surface area contributed by atoms with E-state index in [1.54, 1.807) is 18.2 Å². The Labute approximate surface area is 258 Å². The Hall–Kier alpha value is -5.57. The van der Waals surface area contributed by atoms with Crippen LogP contribution in [-0.2, 0) is 22.6 Å². The maximum atomic E-state index is 13.8. The summed E-state index contributed by atoms with van der Waals surface area (Å²) in [6.07, 6.45) is 0.539. The van der Waals surface area contributed by atoms with E-state index in [4.69, 9.17) is 10.5 Å². The van der Waals surface area contributed by atoms with Crippen LogP contribution in [0.1, 0.15) is 51.5 Å². The lowest BCUT2D eigenvalue weighted by molar-refractivity contribution is -0.149. The maximum absolute atomic E-state index is 13.8. The van der Waals surface area contributed by atoms with Crippen molar-refractivity contribution in [3.63, 3.8) is 0 Å². The van der Waals surface area contributed by atoms with E-state index >= 15 is 0 Å². The highest BCUT2D eigenvalue weighted by molar-refractivity contribution is 6.20. The van der Waals surface area contributed by atoms with Crippen LogP contribution in [-0.4, -0.2) is 38.7 Å². The standard InChI is InChI=1S/C36H32N4O5/c1-20-17-28-32(31-23(33(37)41)12-8-16-27(31)40(28)19-21-9-3-2-4-10-21)29(18-20)45-35(36(43)44)39-34(42)24-13-7-15-26-30(24)22-11-5-6-14-25(22)38-26/h2-6,8-12,14,16-18,24,35,38H,7,13,15,19H2,1H3,(H2,37,41)(H,39,42)(H,43,44). The largest absolute Gasteiger partial charge is 0.477 e. The van der Waals surface area contributed by atoms with Crippen LogP contribution in [0, 0.1) is 6.92 Å². The van der Waals surface area contributed by atoms with Crippen molar-refractivity contribution in [3.8, 4) is 5.75 Å². The fourth-order valence-electron chi connectivity index (χ4n) is 6.79. The fourth-order valence-corrected chi connectivity index (χ4v) is 6.79. The Morgan fingerprint density at radius 1 is 1.00 bits per heavy atom. The molecule has 2 atom stereocenters. The molecule has 1 aliphatic carbocycles. The number of aryl methyl sites for hydroxylation is 2. The molecule has 9 nitrogen and oxygen atoms in total. The summed E-state index contributed by atoms with van der Waals surface area (Å²) in [7, 11) is 0. The zero-order valence-electron chi connectivity index (χ0n) is 24.7. The van der Waals surface area contributed by atoms with Gasteiger partial charge in [-0.3, -0.25) is 9.59 Å². The van der Waals surface area contributed by atoms with E-state index < -0.39 is 29.9 Å². The number of nitrogens with one attached hydrogen (secondary N) is 2. The molecular formula is C36H32N4O5. The maximum Gasteiger partial charge on any atom is 0.366 e. The van der Waals surface area contributed by atoms with Gasteiger partial charge in [-0.1, -0.05) is 54.6 Å². The van der Waals surface area contributed by atoms with Gasteiger partial charge in [0.05, 0.1) is 22.3 Å². The summed E-state index contributed by atoms with van der Waals surface area (Å²) in [5.41, 5.74) is 12.4. The molecule has 1 aliphatic rings. The highest BCUT2D eigenvalue weighted by Crippen LogP contribution is 2.40. The number of carboxylic acid groups (broad SMARTS) is 1. The average Bonchev–Trinajstić information content (AvgIpc) is 3.56. The number of para-hydroxylation sites is 1. The number of ether oxygens (including phenoxy) is 1. The van der Waals surface area contributed by atoms with Gasteiger partial charge in [0, 0.05) is 34.1 Å². The second-order valence-corrected chi connectivity index (χ2v) is 11.6. The minimum Gasteiger partial charge on any atom is -0.477 e. The predicted octanol–water partition coefficient (Wildman–Crippen LogP) is 5.76. The molecule has 0 saturated heterocycles. The van der Waals surface area contributed by atoms with Gasteiger partial charge in [0.25, 0.3) is 6.23 Å². The van der Waals surface area contributed by atoms with E-state index in [0.29, 0.717) is 29.3 Å². The van der Waals surface area contributed by atoms with Crippen molar-refractivity contribution < 1.29 is 24.2 Å². The van der Waals surface area contributed by atoms with Crippen molar-refractivity contribution in [2.24, 2.45) is 5.73 Å². The predicted molar refractivity (Wildman–Crippen MR) is 172 cm³/mol. The molecule has 2 aromatic heterocycles. The highest BCUT2D eigenvalue weighted by atomic mass is 16.5. The first-order valence-electron chi connectivity index (χ1n) is 15.0. The third kappa shape index (κ3) is 4.96. The number of primary amides is 1. The topological polar surface area (TPSA) is 139 Å². The molecule has 5 N–H and O–H groups in total. The van der Waals surface area contributed by atoms with Crippen LogP contribution < -0.4 is 15.8 Å². The average molecular weight is 601 g/mol. The van der Waals surface area contributed by atoms with Crippen molar-refractivity contribution in [1.82, 2.24) is 14.9 Å². The Morgan fingerprint density at radius 2 is 1.78 bits per heavy atom. The number of carbonyl (C=O) groups is 3. The number of amides is 2. The molecule has 0 radical (unpaired) electrons. The molecule has 2 amide bonds. The first-order chi connectivity index (χ1) is 21.8. The molecular weight excluding hydrogens is 568 g/mol. The van der Waals surface area contributed by atoms with E-state index in [0.717, 1.165) is 57.2 Å². The Bertz CT molecular complexity index is 2130. The molecule has 226 valence electrons. The number of carbonyl (C=O) groups excluding carboxylic acids is 2. The smallest absolute Gasteiger partial charge is 0.366 e. The molecule has 4 aromatic carbocycles. The minimum atomic E-state index is -1.67. The van der Waals surface area contributed by atoms with Crippen molar-refractivity contribution in [2.75, 3.05) is 0 Å². The van der Waals surface area contributed by atoms with Crippen LogP contribution in [0.5, 0.6) is 5.75 Å². The van der Waals surface area contributed by atoms with Gasteiger partial charge in [0.1, 0.15) is 5.75 Å². The van der Waals surface area contributed by atoms with E-state index in [-0.39, 0.29) is 5.75 Å². The first kappa shape index (κ1) is 28.2. The van der Waals surface area contributed by atoms with Crippen molar-refractivity contribution >= 4 is 50.5 Å². The second kappa shape index (κ2) is 11.2. The monoisotopic (exact) mass is 600 g/mol. The number of nitrogens with two attached hydrogens (primary N) is 1. The number of hydrogen-bond donors (Lipinski definition) is 4. The Kier molecular flexibility index (Phi) is 7.00. The van der Waals surface area contributed by atoms with E-state index in [9.17, 15) is 19.5 Å². The van der Waals surface area contributed by atoms with E-state index in [2.05, 4.69) is 14.9 Å². The number of rotatable bonds is 8. The summed E-state index contributed by atoms with van der Waals surface area (Å²) in [5, 5.41) is 15.0. The number of aromatic amines is 1. The van der Waals surface area contributed by atoms with Crippen LogP contribution in [0.3, 0.4) is 0 Å². The van der Waals surface area contributed by atoms with Gasteiger partial charge in [-0.25, -0.2) is 4.79 Å². The summed E-state index contributed by atoms with van der Waals surface area (Å²) < 4.78 is 8.26. The number of benzene rings is 4. The molecule has 0 bridgehead atoms. The molecule has 0 aliphatic heterocycles. The summed E-state index contributed by atoms with van der Waals surface area (Å²) in [4.78, 5) is 42.5. The van der Waals surface area contributed by atoms with Gasteiger partial charge in [-0.05, 0) is 73.2 Å². The van der Waals surface area contributed by atoms with Crippen LogP contribution in [0.15, 0.2) is 84.9 Å². The molecule has 2 unspecified atom stereocenters. The first-order valence-corrected chi connectivity index (χ1v) is 15.0. The zero-order chi connectivity index (χ0) is 31.2. The Balaban J connectivity index is 1.31. The number of aromatic nitrogens is 2. The number of hydrogen-bond acceptors (Lipinski definition) is 4. The lowest BCUT2D eigenvalue weighted by atomic mass is 9.84. The van der Waals surface area contributed by atoms with Gasteiger partial charge in [-0.15, -0.1) is 0 Å². The SMILES string of the molecule is Cc1cc(OC(NC(=O)C2CCCc3[nH]c4ccccc4c32)C(=O)O)c2c3c(C(N)=O)cccc3n(Cc3ccccc3)c2c1. The van der Waals surface area contributed by atoms with Gasteiger partial charge in [-0.2, -0.15) is 0 Å². The third-order valence-corrected chi connectivity index (χ3v) is 8.70. The summed E-state index contributed by atoms with van der Waals surface area (Å²) in [6, 6.07) is 26.8. The highest BCUT2D eigenvalue weighted by Gasteiger charge is 2.33. The molecule has 7 rings (SSSR count). The zero-order valence-corrected chi connectivity index (χ0v) is 24.7. The number of H-pyrrole nitrogens is 1. The Morgan fingerprint density at radius 3 is 2.56 bits per heavy atom. The van der Waals surface area contributed by atoms with Crippen LogP contribution >= 0.6 is 0 Å². The fraction of sp³-hybridized carbons (Fsp3) is 0.194. The number of aliphatic carboxylic acids is 1. The second-order valence-electron chi connectivity index (χ2n) is 11.6. The van der Waals surface area contributed by atoms with Crippen molar-refractivity contribution in [1.29, 1.82) is 0 Å². The molecule has 6 aromatic rings. The molecule has 0 fully saturated rings. The number of nitrogens with zero attached hydrogens (tertiary/aromatic N) is 1.